The second-order valence-electron chi connectivity index (χ2n) is 6.51. The van der Waals surface area contributed by atoms with Crippen LogP contribution in [0.25, 0.3) is 0 Å². The second kappa shape index (κ2) is 9.21. The molecule has 0 spiro atoms. The SMILES string of the molecule is CCCN(CCC)C(=O)c1cccc(C(=O)Nc2ccc3c(c2)OCCO3)n1. The molecule has 7 heteroatoms. The number of amides is 2. The average molecular weight is 383 g/mol. The Balaban J connectivity index is 1.74. The van der Waals surface area contributed by atoms with Gasteiger partial charge in [-0.25, -0.2) is 4.98 Å². The molecule has 1 N–H and O–H groups in total. The summed E-state index contributed by atoms with van der Waals surface area (Å²) < 4.78 is 11.0. The van der Waals surface area contributed by atoms with E-state index in [1.54, 1.807) is 41.3 Å². The van der Waals surface area contributed by atoms with Crippen molar-refractivity contribution in [2.24, 2.45) is 0 Å². The van der Waals surface area contributed by atoms with Gasteiger partial charge in [0.05, 0.1) is 0 Å². The van der Waals surface area contributed by atoms with Crippen molar-refractivity contribution in [1.29, 1.82) is 0 Å². The van der Waals surface area contributed by atoms with E-state index in [9.17, 15) is 9.59 Å². The van der Waals surface area contributed by atoms with Crippen molar-refractivity contribution < 1.29 is 19.1 Å². The lowest BCUT2D eigenvalue weighted by molar-refractivity contribution is 0.0749. The van der Waals surface area contributed by atoms with Gasteiger partial charge in [-0.1, -0.05) is 19.9 Å². The number of rotatable bonds is 7. The Morgan fingerprint density at radius 1 is 1.00 bits per heavy atom. The molecule has 7 nitrogen and oxygen atoms in total. The molecular formula is C21H25N3O4. The maximum Gasteiger partial charge on any atom is 0.274 e. The highest BCUT2D eigenvalue weighted by Crippen LogP contribution is 2.32. The predicted molar refractivity (Wildman–Crippen MR) is 106 cm³/mol. The van der Waals surface area contributed by atoms with Gasteiger partial charge in [0.1, 0.15) is 24.6 Å². The summed E-state index contributed by atoms with van der Waals surface area (Å²) in [6.07, 6.45) is 1.74. The molecule has 0 saturated carbocycles. The van der Waals surface area contributed by atoms with E-state index in [-0.39, 0.29) is 23.2 Å². The van der Waals surface area contributed by atoms with Crippen LogP contribution in [-0.2, 0) is 0 Å². The van der Waals surface area contributed by atoms with Crippen LogP contribution in [0.1, 0.15) is 47.7 Å². The Morgan fingerprint density at radius 2 is 1.68 bits per heavy atom. The van der Waals surface area contributed by atoms with Gasteiger partial charge in [-0.15, -0.1) is 0 Å². The normalized spacial score (nSPS) is 12.4. The summed E-state index contributed by atoms with van der Waals surface area (Å²) in [7, 11) is 0. The molecule has 0 atom stereocenters. The molecule has 0 unspecified atom stereocenters. The monoisotopic (exact) mass is 383 g/mol. The van der Waals surface area contributed by atoms with E-state index in [4.69, 9.17) is 9.47 Å². The lowest BCUT2D eigenvalue weighted by Crippen LogP contribution is -2.33. The van der Waals surface area contributed by atoms with Gasteiger partial charge in [0, 0.05) is 24.8 Å². The minimum absolute atomic E-state index is 0.155. The van der Waals surface area contributed by atoms with Crippen molar-refractivity contribution in [3.05, 3.63) is 47.8 Å². The van der Waals surface area contributed by atoms with Crippen molar-refractivity contribution in [3.8, 4) is 11.5 Å². The first-order chi connectivity index (χ1) is 13.6. The number of carbonyl (C=O) groups excluding carboxylic acids is 2. The maximum atomic E-state index is 12.7. The Morgan fingerprint density at radius 3 is 2.39 bits per heavy atom. The second-order valence-corrected chi connectivity index (χ2v) is 6.51. The zero-order valence-electron chi connectivity index (χ0n) is 16.2. The molecule has 3 rings (SSSR count). The third-order valence-corrected chi connectivity index (χ3v) is 4.28. The van der Waals surface area contributed by atoms with Crippen LogP contribution in [0.5, 0.6) is 11.5 Å². The molecular weight excluding hydrogens is 358 g/mol. The third kappa shape index (κ3) is 4.60. The topological polar surface area (TPSA) is 80.8 Å². The summed E-state index contributed by atoms with van der Waals surface area (Å²) in [5.74, 6) is 0.708. The Hall–Kier alpha value is -3.09. The molecule has 0 bridgehead atoms. The molecule has 1 aliphatic heterocycles. The van der Waals surface area contributed by atoms with E-state index in [0.717, 1.165) is 12.8 Å². The van der Waals surface area contributed by atoms with Gasteiger partial charge in [0.15, 0.2) is 11.5 Å². The fraction of sp³-hybridized carbons (Fsp3) is 0.381. The summed E-state index contributed by atoms with van der Waals surface area (Å²) in [6.45, 7) is 6.38. The average Bonchev–Trinajstić information content (AvgIpc) is 2.73. The molecule has 0 saturated heterocycles. The van der Waals surface area contributed by atoms with Crippen LogP contribution in [0, 0.1) is 0 Å². The molecule has 2 amide bonds. The zero-order valence-corrected chi connectivity index (χ0v) is 16.2. The number of benzene rings is 1. The first-order valence-electron chi connectivity index (χ1n) is 9.59. The summed E-state index contributed by atoms with van der Waals surface area (Å²) in [5.41, 5.74) is 1.04. The van der Waals surface area contributed by atoms with E-state index < -0.39 is 0 Å². The lowest BCUT2D eigenvalue weighted by atomic mass is 10.2. The van der Waals surface area contributed by atoms with Crippen molar-refractivity contribution in [2.75, 3.05) is 31.6 Å². The van der Waals surface area contributed by atoms with Crippen LogP contribution >= 0.6 is 0 Å². The highest BCUT2D eigenvalue weighted by molar-refractivity contribution is 6.04. The van der Waals surface area contributed by atoms with Gasteiger partial charge in [0.25, 0.3) is 11.8 Å². The highest BCUT2D eigenvalue weighted by Gasteiger charge is 2.18. The van der Waals surface area contributed by atoms with Crippen molar-refractivity contribution in [3.63, 3.8) is 0 Å². The van der Waals surface area contributed by atoms with E-state index in [1.807, 2.05) is 13.8 Å². The smallest absolute Gasteiger partial charge is 0.274 e. The molecule has 1 aromatic carbocycles. The summed E-state index contributed by atoms with van der Waals surface area (Å²) in [4.78, 5) is 31.4. The molecule has 0 aliphatic carbocycles. The van der Waals surface area contributed by atoms with Gasteiger partial charge in [-0.3, -0.25) is 9.59 Å². The predicted octanol–water partition coefficient (Wildman–Crippen LogP) is 3.37. The number of hydrogen-bond donors (Lipinski definition) is 1. The number of nitrogens with one attached hydrogen (secondary N) is 1. The van der Waals surface area contributed by atoms with Crippen molar-refractivity contribution in [1.82, 2.24) is 9.88 Å². The molecule has 2 aromatic rings. The van der Waals surface area contributed by atoms with Gasteiger partial charge >= 0.3 is 0 Å². The summed E-state index contributed by atoms with van der Waals surface area (Å²) >= 11 is 0. The zero-order chi connectivity index (χ0) is 19.9. The summed E-state index contributed by atoms with van der Waals surface area (Å²) in [5, 5.41) is 2.79. The molecule has 2 heterocycles. The standard InChI is InChI=1S/C21H25N3O4/c1-3-10-24(11-4-2)21(26)17-7-5-6-16(23-17)20(25)22-15-8-9-18-19(14-15)28-13-12-27-18/h5-9,14H,3-4,10-13H2,1-2H3,(H,22,25). The van der Waals surface area contributed by atoms with Crippen molar-refractivity contribution >= 4 is 17.5 Å². The van der Waals surface area contributed by atoms with Crippen LogP contribution in [-0.4, -0.2) is 48.0 Å². The lowest BCUT2D eigenvalue weighted by Gasteiger charge is -2.21. The molecule has 148 valence electrons. The van der Waals surface area contributed by atoms with Crippen LogP contribution in [0.2, 0.25) is 0 Å². The highest BCUT2D eigenvalue weighted by atomic mass is 16.6. The first kappa shape index (κ1) is 19.7. The van der Waals surface area contributed by atoms with Gasteiger partial charge in [0.2, 0.25) is 0 Å². The molecule has 0 radical (unpaired) electrons. The van der Waals surface area contributed by atoms with Gasteiger partial charge < -0.3 is 19.7 Å². The fourth-order valence-corrected chi connectivity index (χ4v) is 3.01. The van der Waals surface area contributed by atoms with E-state index >= 15 is 0 Å². The molecule has 28 heavy (non-hydrogen) atoms. The van der Waals surface area contributed by atoms with Gasteiger partial charge in [-0.2, -0.15) is 0 Å². The Labute approximate surface area is 164 Å². The van der Waals surface area contributed by atoms with Crippen molar-refractivity contribution in [2.45, 2.75) is 26.7 Å². The molecule has 1 aromatic heterocycles. The van der Waals surface area contributed by atoms with E-state index in [2.05, 4.69) is 10.3 Å². The van der Waals surface area contributed by atoms with Crippen LogP contribution in [0.4, 0.5) is 5.69 Å². The minimum atomic E-state index is -0.385. The number of carbonyl (C=O) groups is 2. The Bertz CT molecular complexity index is 847. The van der Waals surface area contributed by atoms with Crippen LogP contribution in [0.3, 0.4) is 0 Å². The largest absolute Gasteiger partial charge is 0.486 e. The number of pyridine rings is 1. The summed E-state index contributed by atoms with van der Waals surface area (Å²) in [6, 6.07) is 10.1. The van der Waals surface area contributed by atoms with E-state index in [0.29, 0.717) is 43.5 Å². The quantitative estimate of drug-likeness (QED) is 0.793. The Kier molecular flexibility index (Phi) is 6.47. The number of hydrogen-bond acceptors (Lipinski definition) is 5. The van der Waals surface area contributed by atoms with Crippen LogP contribution < -0.4 is 14.8 Å². The first-order valence-corrected chi connectivity index (χ1v) is 9.59. The van der Waals surface area contributed by atoms with Crippen LogP contribution in [0.15, 0.2) is 36.4 Å². The van der Waals surface area contributed by atoms with E-state index in [1.165, 1.54) is 0 Å². The maximum absolute atomic E-state index is 12.7. The number of nitrogens with zero attached hydrogens (tertiary/aromatic N) is 2. The number of anilines is 1. The number of ether oxygens (including phenoxy) is 2. The molecule has 1 aliphatic rings. The minimum Gasteiger partial charge on any atom is -0.486 e. The van der Waals surface area contributed by atoms with Gasteiger partial charge in [-0.05, 0) is 37.1 Å². The molecule has 0 fully saturated rings. The fourth-order valence-electron chi connectivity index (χ4n) is 3.01. The number of aromatic nitrogens is 1. The third-order valence-electron chi connectivity index (χ3n) is 4.28. The number of fused-ring (bicyclic) bond motifs is 1.